The van der Waals surface area contributed by atoms with Gasteiger partial charge in [-0.25, -0.2) is 18.4 Å². The monoisotopic (exact) mass is 447 g/mol. The summed E-state index contributed by atoms with van der Waals surface area (Å²) in [6.07, 6.45) is 2.37. The van der Waals surface area contributed by atoms with E-state index in [0.29, 0.717) is 31.9 Å². The fraction of sp³-hybridized carbons (Fsp3) is 0.524. The van der Waals surface area contributed by atoms with Crippen molar-refractivity contribution in [3.8, 4) is 11.5 Å². The lowest BCUT2D eigenvalue weighted by Gasteiger charge is -2.35. The molecule has 2 aliphatic heterocycles. The standard InChI is InChI=1S/C21H29N5O4S/c1-16-22-20(24-8-4-5-9-24)15-21(23-16)25-10-12-26(13-11-25)31(27,28)19-7-6-17(29-2)14-18(19)30-3/h6-7,14-15H,4-5,8-13H2,1-3H3. The second-order valence-electron chi connectivity index (χ2n) is 7.73. The molecule has 0 unspecified atom stereocenters. The third-order valence-electron chi connectivity index (χ3n) is 5.79. The topological polar surface area (TPSA) is 88.1 Å². The average molecular weight is 448 g/mol. The molecular weight excluding hydrogens is 418 g/mol. The number of aryl methyl sites for hydroxylation is 1. The van der Waals surface area contributed by atoms with Crippen LogP contribution in [0, 0.1) is 6.92 Å². The molecule has 0 spiro atoms. The van der Waals surface area contributed by atoms with Crippen LogP contribution in [0.15, 0.2) is 29.2 Å². The van der Waals surface area contributed by atoms with Crippen molar-refractivity contribution >= 4 is 21.7 Å². The van der Waals surface area contributed by atoms with Gasteiger partial charge in [-0.1, -0.05) is 0 Å². The van der Waals surface area contributed by atoms with Gasteiger partial charge in [0.05, 0.1) is 14.2 Å². The molecule has 0 bridgehead atoms. The number of ether oxygens (including phenoxy) is 2. The molecule has 31 heavy (non-hydrogen) atoms. The molecule has 2 saturated heterocycles. The zero-order valence-corrected chi connectivity index (χ0v) is 19.1. The lowest BCUT2D eigenvalue weighted by molar-refractivity contribution is 0.369. The van der Waals surface area contributed by atoms with Crippen molar-refractivity contribution in [2.75, 3.05) is 63.3 Å². The third kappa shape index (κ3) is 4.40. The Hall–Kier alpha value is -2.59. The predicted molar refractivity (Wildman–Crippen MR) is 119 cm³/mol. The number of anilines is 2. The van der Waals surface area contributed by atoms with Crippen LogP contribution < -0.4 is 19.3 Å². The largest absolute Gasteiger partial charge is 0.497 e. The van der Waals surface area contributed by atoms with E-state index in [9.17, 15) is 8.42 Å². The van der Waals surface area contributed by atoms with Crippen molar-refractivity contribution in [2.45, 2.75) is 24.7 Å². The highest BCUT2D eigenvalue weighted by Crippen LogP contribution is 2.31. The summed E-state index contributed by atoms with van der Waals surface area (Å²) in [5.74, 6) is 3.38. The van der Waals surface area contributed by atoms with Gasteiger partial charge in [-0.2, -0.15) is 4.31 Å². The normalized spacial score (nSPS) is 17.8. The Kier molecular flexibility index (Phi) is 6.19. The van der Waals surface area contributed by atoms with Crippen molar-refractivity contribution in [3.05, 3.63) is 30.1 Å². The Balaban J connectivity index is 1.50. The first-order valence-electron chi connectivity index (χ1n) is 10.5. The van der Waals surface area contributed by atoms with Gasteiger partial charge in [0.15, 0.2) is 0 Å². The van der Waals surface area contributed by atoms with E-state index in [1.165, 1.54) is 37.4 Å². The van der Waals surface area contributed by atoms with Gasteiger partial charge in [-0.15, -0.1) is 0 Å². The number of aromatic nitrogens is 2. The first-order chi connectivity index (χ1) is 14.9. The molecule has 2 aliphatic rings. The third-order valence-corrected chi connectivity index (χ3v) is 7.73. The summed E-state index contributed by atoms with van der Waals surface area (Å²) in [6.45, 7) is 5.82. The van der Waals surface area contributed by atoms with Crippen molar-refractivity contribution in [1.29, 1.82) is 0 Å². The van der Waals surface area contributed by atoms with Crippen molar-refractivity contribution in [3.63, 3.8) is 0 Å². The second-order valence-corrected chi connectivity index (χ2v) is 9.64. The highest BCUT2D eigenvalue weighted by molar-refractivity contribution is 7.89. The lowest BCUT2D eigenvalue weighted by atomic mass is 10.3. The SMILES string of the molecule is COc1ccc(S(=O)(=O)N2CCN(c3cc(N4CCCC4)nc(C)n3)CC2)c(OC)c1. The molecule has 3 heterocycles. The van der Waals surface area contributed by atoms with Gasteiger partial charge >= 0.3 is 0 Å². The van der Waals surface area contributed by atoms with Gasteiger partial charge in [0, 0.05) is 51.4 Å². The molecule has 0 saturated carbocycles. The zero-order chi connectivity index (χ0) is 22.0. The minimum Gasteiger partial charge on any atom is -0.497 e. The van der Waals surface area contributed by atoms with Crippen LogP contribution in [0.4, 0.5) is 11.6 Å². The van der Waals surface area contributed by atoms with E-state index in [0.717, 1.165) is 30.5 Å². The molecule has 0 atom stereocenters. The van der Waals surface area contributed by atoms with Gasteiger partial charge in [0.25, 0.3) is 0 Å². The summed E-state index contributed by atoms with van der Waals surface area (Å²) >= 11 is 0. The number of benzene rings is 1. The van der Waals surface area contributed by atoms with E-state index >= 15 is 0 Å². The molecule has 1 aromatic heterocycles. The predicted octanol–water partition coefficient (Wildman–Crippen LogP) is 1.91. The molecule has 10 heteroatoms. The molecule has 0 aliphatic carbocycles. The van der Waals surface area contributed by atoms with E-state index < -0.39 is 10.0 Å². The maximum atomic E-state index is 13.2. The molecule has 2 fully saturated rings. The Labute approximate surface area is 183 Å². The summed E-state index contributed by atoms with van der Waals surface area (Å²) in [5.41, 5.74) is 0. The Bertz CT molecular complexity index is 1030. The molecule has 0 radical (unpaired) electrons. The van der Waals surface area contributed by atoms with Crippen LogP contribution in [0.1, 0.15) is 18.7 Å². The van der Waals surface area contributed by atoms with Crippen LogP contribution in [-0.2, 0) is 10.0 Å². The highest BCUT2D eigenvalue weighted by atomic mass is 32.2. The maximum Gasteiger partial charge on any atom is 0.246 e. The fourth-order valence-corrected chi connectivity index (χ4v) is 5.65. The number of piperazine rings is 1. The van der Waals surface area contributed by atoms with E-state index in [4.69, 9.17) is 9.47 Å². The van der Waals surface area contributed by atoms with Crippen molar-refractivity contribution < 1.29 is 17.9 Å². The molecule has 0 N–H and O–H groups in total. The Morgan fingerprint density at radius 2 is 1.45 bits per heavy atom. The first-order valence-corrected chi connectivity index (χ1v) is 11.9. The van der Waals surface area contributed by atoms with Gasteiger partial charge < -0.3 is 19.3 Å². The summed E-state index contributed by atoms with van der Waals surface area (Å²) in [7, 11) is -0.686. The number of nitrogens with zero attached hydrogens (tertiary/aromatic N) is 5. The summed E-state index contributed by atoms with van der Waals surface area (Å²) in [5, 5.41) is 0. The molecule has 168 valence electrons. The van der Waals surface area contributed by atoms with E-state index in [-0.39, 0.29) is 10.6 Å². The van der Waals surface area contributed by atoms with Crippen molar-refractivity contribution in [2.24, 2.45) is 0 Å². The maximum absolute atomic E-state index is 13.2. The van der Waals surface area contributed by atoms with Crippen LogP contribution in [0.3, 0.4) is 0 Å². The average Bonchev–Trinajstić information content (AvgIpc) is 3.33. The summed E-state index contributed by atoms with van der Waals surface area (Å²) in [4.78, 5) is 13.8. The van der Waals surface area contributed by atoms with Crippen LogP contribution in [-0.4, -0.2) is 76.2 Å². The van der Waals surface area contributed by atoms with E-state index in [1.807, 2.05) is 13.0 Å². The molecule has 4 rings (SSSR count). The highest BCUT2D eigenvalue weighted by Gasteiger charge is 2.31. The number of methoxy groups -OCH3 is 2. The first kappa shape index (κ1) is 21.6. The van der Waals surface area contributed by atoms with Gasteiger partial charge in [0.2, 0.25) is 10.0 Å². The summed E-state index contributed by atoms with van der Waals surface area (Å²) < 4.78 is 38.5. The molecular formula is C21H29N5O4S. The molecule has 9 nitrogen and oxygen atoms in total. The van der Waals surface area contributed by atoms with Crippen molar-refractivity contribution in [1.82, 2.24) is 14.3 Å². The quantitative estimate of drug-likeness (QED) is 0.664. The number of hydrogen-bond donors (Lipinski definition) is 0. The molecule has 2 aromatic rings. The van der Waals surface area contributed by atoms with Crippen LogP contribution in [0.2, 0.25) is 0 Å². The van der Waals surface area contributed by atoms with Crippen LogP contribution in [0.5, 0.6) is 11.5 Å². The fourth-order valence-electron chi connectivity index (χ4n) is 4.09. The Morgan fingerprint density at radius 3 is 2.03 bits per heavy atom. The minimum atomic E-state index is -3.68. The number of sulfonamides is 1. The molecule has 0 amide bonds. The van der Waals surface area contributed by atoms with Gasteiger partial charge in [-0.05, 0) is 31.9 Å². The van der Waals surface area contributed by atoms with Gasteiger partial charge in [-0.3, -0.25) is 0 Å². The smallest absolute Gasteiger partial charge is 0.246 e. The minimum absolute atomic E-state index is 0.151. The summed E-state index contributed by atoms with van der Waals surface area (Å²) in [6, 6.07) is 6.78. The number of hydrogen-bond acceptors (Lipinski definition) is 8. The van der Waals surface area contributed by atoms with Gasteiger partial charge in [0.1, 0.15) is 33.9 Å². The van der Waals surface area contributed by atoms with E-state index in [2.05, 4.69) is 19.8 Å². The molecule has 1 aromatic carbocycles. The number of rotatable bonds is 6. The Morgan fingerprint density at radius 1 is 0.839 bits per heavy atom. The van der Waals surface area contributed by atoms with E-state index in [1.54, 1.807) is 12.1 Å². The van der Waals surface area contributed by atoms with Crippen LogP contribution in [0.25, 0.3) is 0 Å². The second kappa shape index (κ2) is 8.88. The zero-order valence-electron chi connectivity index (χ0n) is 18.2. The van der Waals surface area contributed by atoms with Crippen LogP contribution >= 0.6 is 0 Å². The lowest BCUT2D eigenvalue weighted by Crippen LogP contribution is -2.49.